The molecule has 0 saturated carbocycles. The smallest absolute Gasteiger partial charge is 0.272 e. The van der Waals surface area contributed by atoms with Gasteiger partial charge in [-0.2, -0.15) is 0 Å². The topological polar surface area (TPSA) is 84.5 Å². The minimum atomic E-state index is -3.85. The van der Waals surface area contributed by atoms with Gasteiger partial charge in [0.2, 0.25) is 0 Å². The first-order valence-corrected chi connectivity index (χ1v) is 9.67. The average Bonchev–Trinajstić information content (AvgIpc) is 2.59. The minimum Gasteiger partial charge on any atom is -0.483 e. The molecule has 2 aromatic carbocycles. The lowest BCUT2D eigenvalue weighted by Crippen LogP contribution is -2.43. The van der Waals surface area contributed by atoms with Crippen LogP contribution in [-0.4, -0.2) is 20.9 Å². The van der Waals surface area contributed by atoms with Crippen molar-refractivity contribution in [1.29, 1.82) is 0 Å². The number of hydrogen-bond acceptors (Lipinski definition) is 4. The summed E-state index contributed by atoms with van der Waals surface area (Å²) in [6.07, 6.45) is 0. The summed E-state index contributed by atoms with van der Waals surface area (Å²) in [5.74, 6) is -0.0218. The van der Waals surface area contributed by atoms with E-state index in [-0.39, 0.29) is 16.9 Å². The zero-order valence-corrected chi connectivity index (χ0v) is 16.2. The molecule has 0 atom stereocenters. The van der Waals surface area contributed by atoms with Gasteiger partial charge in [0.15, 0.2) is 6.61 Å². The zero-order chi connectivity index (χ0) is 19.4. The molecule has 26 heavy (non-hydrogen) atoms. The lowest BCUT2D eigenvalue weighted by Gasteiger charge is -2.19. The predicted molar refractivity (Wildman–Crippen MR) is 100 cm³/mol. The van der Waals surface area contributed by atoms with Crippen LogP contribution in [0.4, 0.5) is 0 Å². The van der Waals surface area contributed by atoms with E-state index < -0.39 is 15.9 Å². The van der Waals surface area contributed by atoms with Crippen LogP contribution >= 0.6 is 0 Å². The third kappa shape index (κ3) is 5.31. The van der Waals surface area contributed by atoms with E-state index in [1.807, 2.05) is 39.8 Å². The summed E-state index contributed by atoms with van der Waals surface area (Å²) < 4.78 is 29.9. The largest absolute Gasteiger partial charge is 0.483 e. The van der Waals surface area contributed by atoms with Gasteiger partial charge >= 0.3 is 0 Å². The van der Waals surface area contributed by atoms with Crippen LogP contribution < -0.4 is 15.0 Å². The first-order chi connectivity index (χ1) is 12.1. The van der Waals surface area contributed by atoms with E-state index in [1.54, 1.807) is 24.3 Å². The molecule has 2 aromatic rings. The van der Waals surface area contributed by atoms with E-state index in [1.165, 1.54) is 12.1 Å². The lowest BCUT2D eigenvalue weighted by molar-refractivity contribution is -0.123. The Morgan fingerprint density at radius 2 is 1.65 bits per heavy atom. The Hall–Kier alpha value is -2.38. The van der Waals surface area contributed by atoms with Crippen molar-refractivity contribution in [2.45, 2.75) is 38.0 Å². The first-order valence-electron chi connectivity index (χ1n) is 8.19. The number of ether oxygens (including phenoxy) is 1. The predicted octanol–water partition coefficient (Wildman–Crippen LogP) is 2.68. The van der Waals surface area contributed by atoms with Crippen molar-refractivity contribution in [2.75, 3.05) is 6.61 Å². The molecule has 0 unspecified atom stereocenters. The van der Waals surface area contributed by atoms with Crippen LogP contribution in [0.15, 0.2) is 53.4 Å². The van der Waals surface area contributed by atoms with Crippen LogP contribution in [0, 0.1) is 6.92 Å². The maximum absolute atomic E-state index is 12.3. The third-order valence-electron chi connectivity index (χ3n) is 3.81. The molecule has 6 nitrogen and oxygen atoms in total. The summed E-state index contributed by atoms with van der Waals surface area (Å²) in [5.41, 5.74) is 3.99. The van der Waals surface area contributed by atoms with Crippen LogP contribution in [0.5, 0.6) is 5.75 Å². The van der Waals surface area contributed by atoms with Crippen molar-refractivity contribution in [3.63, 3.8) is 0 Å². The molecule has 0 aliphatic carbocycles. The monoisotopic (exact) mass is 376 g/mol. The van der Waals surface area contributed by atoms with Crippen molar-refractivity contribution < 1.29 is 17.9 Å². The van der Waals surface area contributed by atoms with E-state index >= 15 is 0 Å². The molecule has 0 saturated heterocycles. The Morgan fingerprint density at radius 3 is 2.23 bits per heavy atom. The number of carbonyl (C=O) groups is 1. The molecule has 1 amide bonds. The molecule has 140 valence electrons. The van der Waals surface area contributed by atoms with Crippen LogP contribution in [0.25, 0.3) is 0 Å². The van der Waals surface area contributed by atoms with Crippen molar-refractivity contribution in [2.24, 2.45) is 0 Å². The molecule has 2 N–H and O–H groups in total. The number of para-hydroxylation sites is 1. The van der Waals surface area contributed by atoms with E-state index in [2.05, 4.69) is 10.3 Å². The zero-order valence-electron chi connectivity index (χ0n) is 15.4. The van der Waals surface area contributed by atoms with Crippen LogP contribution in [0.2, 0.25) is 0 Å². The normalized spacial score (nSPS) is 11.8. The molecule has 0 aromatic heterocycles. The fraction of sp³-hybridized carbons (Fsp3) is 0.316. The second kappa shape index (κ2) is 7.88. The van der Waals surface area contributed by atoms with E-state index in [4.69, 9.17) is 4.74 Å². The number of sulfonamides is 1. The van der Waals surface area contributed by atoms with Crippen molar-refractivity contribution in [1.82, 2.24) is 10.3 Å². The van der Waals surface area contributed by atoms with Gasteiger partial charge in [-0.1, -0.05) is 51.1 Å². The highest BCUT2D eigenvalue weighted by molar-refractivity contribution is 7.89. The summed E-state index contributed by atoms with van der Waals surface area (Å²) in [6, 6.07) is 13.8. The quantitative estimate of drug-likeness (QED) is 0.759. The Labute approximate surface area is 154 Å². The molecule has 7 heteroatoms. The van der Waals surface area contributed by atoms with E-state index in [9.17, 15) is 13.2 Å². The third-order valence-corrected chi connectivity index (χ3v) is 5.07. The maximum Gasteiger partial charge on any atom is 0.272 e. The van der Waals surface area contributed by atoms with Gasteiger partial charge in [-0.3, -0.25) is 10.2 Å². The second-order valence-corrected chi connectivity index (χ2v) is 8.66. The molecule has 0 spiro atoms. The number of rotatable bonds is 6. The molecule has 0 radical (unpaired) electrons. The first kappa shape index (κ1) is 19.9. The van der Waals surface area contributed by atoms with Crippen LogP contribution in [-0.2, 0) is 20.2 Å². The van der Waals surface area contributed by atoms with Gasteiger partial charge in [-0.05, 0) is 41.7 Å². The molecule has 0 aliphatic heterocycles. The Bertz CT molecular complexity index is 869. The fourth-order valence-corrected chi connectivity index (χ4v) is 3.08. The Morgan fingerprint density at radius 1 is 1.04 bits per heavy atom. The number of hydrogen-bond donors (Lipinski definition) is 2. The van der Waals surface area contributed by atoms with Crippen LogP contribution in [0.3, 0.4) is 0 Å². The Kier molecular flexibility index (Phi) is 6.05. The van der Waals surface area contributed by atoms with E-state index in [0.29, 0.717) is 5.75 Å². The summed E-state index contributed by atoms with van der Waals surface area (Å²) in [4.78, 5) is 14.0. The lowest BCUT2D eigenvalue weighted by atomic mass is 9.87. The molecule has 2 rings (SSSR count). The summed E-state index contributed by atoms with van der Waals surface area (Å²) in [5, 5.41) is 0. The standard InChI is InChI=1S/C19H24N2O4S/c1-14-7-5-6-8-17(14)25-13-18(22)20-21-26(23,24)16-11-9-15(10-12-16)19(2,3)4/h5-12,21H,13H2,1-4H3,(H,20,22). The highest BCUT2D eigenvalue weighted by Gasteiger charge is 2.18. The van der Waals surface area contributed by atoms with Crippen molar-refractivity contribution in [3.05, 3.63) is 59.7 Å². The molecular weight excluding hydrogens is 352 g/mol. The summed E-state index contributed by atoms with van der Waals surface area (Å²) in [7, 11) is -3.85. The van der Waals surface area contributed by atoms with Crippen molar-refractivity contribution >= 4 is 15.9 Å². The SMILES string of the molecule is Cc1ccccc1OCC(=O)NNS(=O)(=O)c1ccc(C(C)(C)C)cc1. The summed E-state index contributed by atoms with van der Waals surface area (Å²) in [6.45, 7) is 7.70. The van der Waals surface area contributed by atoms with Gasteiger partial charge in [0, 0.05) is 0 Å². The number of benzene rings is 2. The number of hydrazine groups is 1. The molecule has 0 bridgehead atoms. The van der Waals surface area contributed by atoms with Gasteiger partial charge in [0.05, 0.1) is 4.90 Å². The highest BCUT2D eigenvalue weighted by atomic mass is 32.2. The molecule has 0 heterocycles. The van der Waals surface area contributed by atoms with Crippen molar-refractivity contribution in [3.8, 4) is 5.75 Å². The highest BCUT2D eigenvalue weighted by Crippen LogP contribution is 2.23. The fourth-order valence-electron chi connectivity index (χ4n) is 2.21. The van der Waals surface area contributed by atoms with Crippen LogP contribution in [0.1, 0.15) is 31.9 Å². The number of amides is 1. The number of aryl methyl sites for hydroxylation is 1. The van der Waals surface area contributed by atoms with Gasteiger partial charge < -0.3 is 4.74 Å². The molecule has 0 aliphatic rings. The maximum atomic E-state index is 12.3. The average molecular weight is 376 g/mol. The number of carbonyl (C=O) groups excluding carboxylic acids is 1. The second-order valence-electron chi connectivity index (χ2n) is 6.98. The van der Waals surface area contributed by atoms with E-state index in [0.717, 1.165) is 11.1 Å². The van der Waals surface area contributed by atoms with Gasteiger partial charge in [-0.15, -0.1) is 4.83 Å². The minimum absolute atomic E-state index is 0.0726. The van der Waals surface area contributed by atoms with Gasteiger partial charge in [0.25, 0.3) is 15.9 Å². The molecule has 0 fully saturated rings. The van der Waals surface area contributed by atoms with Gasteiger partial charge in [0.1, 0.15) is 5.75 Å². The van der Waals surface area contributed by atoms with Gasteiger partial charge in [-0.25, -0.2) is 8.42 Å². The molecular formula is C19H24N2O4S. The Balaban J connectivity index is 1.93. The number of nitrogens with one attached hydrogen (secondary N) is 2. The summed E-state index contributed by atoms with van der Waals surface area (Å²) >= 11 is 0.